The number of fused-ring (bicyclic) bond motifs is 1. The largest absolute Gasteiger partial charge is 0.395 e. The molecule has 0 radical (unpaired) electrons. The fourth-order valence-electron chi connectivity index (χ4n) is 6.18. The number of sulfonamides is 1. The number of halogens is 2. The van der Waals surface area contributed by atoms with Crippen molar-refractivity contribution >= 4 is 44.0 Å². The molecule has 3 fully saturated rings. The van der Waals surface area contributed by atoms with Crippen molar-refractivity contribution in [2.24, 2.45) is 12.5 Å². The molecule has 0 unspecified atom stereocenters. The molecule has 2 aliphatic heterocycles. The number of aromatic nitrogens is 2. The SMILES string of the molecule is C[C@@H](CO)NS(=O)(=O)c1ccc(NC(=O)c2cc3ccn(C)c3c(N3CCC(F)(F)CC3)n2)c(N2CCC3(CC2)CC3)c1. The van der Waals surface area contributed by atoms with E-state index >= 15 is 0 Å². The van der Waals surface area contributed by atoms with E-state index in [2.05, 4.69) is 19.9 Å². The van der Waals surface area contributed by atoms with Crippen LogP contribution >= 0.6 is 0 Å². The normalized spacial score (nSPS) is 20.4. The van der Waals surface area contributed by atoms with Crippen LogP contribution in [0.15, 0.2) is 41.4 Å². The number of aliphatic hydroxyl groups is 1. The second kappa shape index (κ2) is 11.0. The summed E-state index contributed by atoms with van der Waals surface area (Å²) >= 11 is 0. The summed E-state index contributed by atoms with van der Waals surface area (Å²) in [4.78, 5) is 22.4. The van der Waals surface area contributed by atoms with Crippen LogP contribution in [0.25, 0.3) is 10.9 Å². The van der Waals surface area contributed by atoms with Crippen LogP contribution in [-0.2, 0) is 17.1 Å². The third-order valence-electron chi connectivity index (χ3n) is 9.14. The van der Waals surface area contributed by atoms with E-state index in [9.17, 15) is 27.1 Å². The summed E-state index contributed by atoms with van der Waals surface area (Å²) < 4.78 is 58.3. The minimum atomic E-state index is -3.91. The number of anilines is 3. The van der Waals surface area contributed by atoms with Crippen LogP contribution in [0.3, 0.4) is 0 Å². The number of rotatable bonds is 8. The van der Waals surface area contributed by atoms with Crippen molar-refractivity contribution in [2.45, 2.75) is 62.3 Å². The second-order valence-electron chi connectivity index (χ2n) is 12.4. The van der Waals surface area contributed by atoms with E-state index < -0.39 is 27.9 Å². The van der Waals surface area contributed by atoms with Gasteiger partial charge in [-0.25, -0.2) is 26.9 Å². The summed E-state index contributed by atoms with van der Waals surface area (Å²) in [6.45, 7) is 2.98. The molecule has 1 aromatic carbocycles. The molecular weight excluding hydrogens is 578 g/mol. The molecule has 3 aromatic rings. The lowest BCUT2D eigenvalue weighted by atomic mass is 9.93. The maximum absolute atomic E-state index is 13.9. The van der Waals surface area contributed by atoms with Gasteiger partial charge in [0.15, 0.2) is 5.82 Å². The number of nitrogens with one attached hydrogen (secondary N) is 2. The van der Waals surface area contributed by atoms with Gasteiger partial charge in [0.05, 0.1) is 28.4 Å². The Morgan fingerprint density at radius 1 is 1.02 bits per heavy atom. The lowest BCUT2D eigenvalue weighted by Gasteiger charge is -2.35. The van der Waals surface area contributed by atoms with Crippen molar-refractivity contribution in [1.29, 1.82) is 0 Å². The summed E-state index contributed by atoms with van der Waals surface area (Å²) in [6, 6.07) is 7.48. The topological polar surface area (TPSA) is 120 Å². The molecule has 10 nitrogen and oxygen atoms in total. The highest BCUT2D eigenvalue weighted by molar-refractivity contribution is 7.89. The highest BCUT2D eigenvalue weighted by Gasteiger charge is 2.44. The number of pyridine rings is 1. The van der Waals surface area contributed by atoms with E-state index in [1.165, 1.54) is 18.9 Å². The standard InChI is InChI=1S/C30H38F2N6O4S/c1-20(19-39)35-43(41,42)22-3-4-23(25(18-22)37-13-8-29(6-7-29)9-14-37)34-28(40)24-17-21-5-12-36(2)26(21)27(33-24)38-15-10-30(31,32)11-16-38/h3-5,12,17-18,20,35,39H,6-11,13-16,19H2,1-2H3,(H,34,40)/t20-/m0/s1. The first-order valence-corrected chi connectivity index (χ1v) is 16.3. The molecule has 3 N–H and O–H groups in total. The zero-order valence-corrected chi connectivity index (χ0v) is 25.3. The fraction of sp³-hybridized carbons (Fsp3) is 0.533. The molecule has 2 saturated heterocycles. The molecule has 13 heteroatoms. The first-order valence-electron chi connectivity index (χ1n) is 14.8. The van der Waals surface area contributed by atoms with Crippen LogP contribution in [0.1, 0.15) is 55.9 Å². The Labute approximate surface area is 250 Å². The van der Waals surface area contributed by atoms with Crippen molar-refractivity contribution in [2.75, 3.05) is 47.9 Å². The fourth-order valence-corrected chi connectivity index (χ4v) is 7.44. The van der Waals surface area contributed by atoms with Gasteiger partial charge >= 0.3 is 0 Å². The van der Waals surface area contributed by atoms with Crippen molar-refractivity contribution in [1.82, 2.24) is 14.3 Å². The summed E-state index contributed by atoms with van der Waals surface area (Å²) in [7, 11) is -2.06. The number of aliphatic hydroxyl groups excluding tert-OH is 1. The van der Waals surface area contributed by atoms with Crippen molar-refractivity contribution in [3.63, 3.8) is 0 Å². The molecule has 43 heavy (non-hydrogen) atoms. The molecule has 232 valence electrons. The average Bonchev–Trinajstić information content (AvgIpc) is 3.63. The second-order valence-corrected chi connectivity index (χ2v) is 14.1. The molecule has 6 rings (SSSR count). The summed E-state index contributed by atoms with van der Waals surface area (Å²) in [6.07, 6.45) is 5.72. The Morgan fingerprint density at radius 3 is 2.35 bits per heavy atom. The molecule has 4 heterocycles. The Hall–Kier alpha value is -3.29. The maximum Gasteiger partial charge on any atom is 0.274 e. The number of amides is 1. The van der Waals surface area contributed by atoms with Gasteiger partial charge in [0.2, 0.25) is 10.0 Å². The van der Waals surface area contributed by atoms with Gasteiger partial charge in [-0.15, -0.1) is 0 Å². The van der Waals surface area contributed by atoms with Gasteiger partial charge in [-0.1, -0.05) is 0 Å². The van der Waals surface area contributed by atoms with Gasteiger partial charge in [0.1, 0.15) is 5.69 Å². The Kier molecular flexibility index (Phi) is 7.62. The van der Waals surface area contributed by atoms with Crippen LogP contribution < -0.4 is 19.8 Å². The lowest BCUT2D eigenvalue weighted by Crippen LogP contribution is -2.40. The minimum Gasteiger partial charge on any atom is -0.395 e. The van der Waals surface area contributed by atoms with E-state index in [0.717, 1.165) is 36.8 Å². The predicted molar refractivity (Wildman–Crippen MR) is 161 cm³/mol. The van der Waals surface area contributed by atoms with Crippen LogP contribution in [0.2, 0.25) is 0 Å². The first-order chi connectivity index (χ1) is 20.4. The smallest absolute Gasteiger partial charge is 0.274 e. The van der Waals surface area contributed by atoms with Crippen LogP contribution in [0.4, 0.5) is 26.0 Å². The van der Waals surface area contributed by atoms with Crippen molar-refractivity contribution < 1.29 is 27.1 Å². The Balaban J connectivity index is 1.32. The van der Waals surface area contributed by atoms with Gasteiger partial charge in [0.25, 0.3) is 11.8 Å². The molecule has 1 aliphatic carbocycles. The number of benzene rings is 1. The molecule has 2 aromatic heterocycles. The van der Waals surface area contributed by atoms with Gasteiger partial charge in [-0.2, -0.15) is 0 Å². The third kappa shape index (κ3) is 6.07. The molecule has 1 atom stereocenters. The van der Waals surface area contributed by atoms with Gasteiger partial charge in [-0.05, 0) is 68.4 Å². The summed E-state index contributed by atoms with van der Waals surface area (Å²) in [5.41, 5.74) is 2.36. The number of carbonyl (C=O) groups excluding carboxylic acids is 1. The van der Waals surface area contributed by atoms with Crippen molar-refractivity contribution in [3.8, 4) is 0 Å². The van der Waals surface area contributed by atoms with Crippen LogP contribution in [0.5, 0.6) is 0 Å². The third-order valence-corrected chi connectivity index (χ3v) is 10.7. The van der Waals surface area contributed by atoms with E-state index in [-0.39, 0.29) is 43.1 Å². The number of alkyl halides is 2. The molecule has 0 bridgehead atoms. The number of nitrogens with zero attached hydrogens (tertiary/aromatic N) is 4. The molecular formula is C30H38F2N6O4S. The molecule has 3 aliphatic rings. The van der Waals surface area contributed by atoms with Gasteiger partial charge in [0, 0.05) is 63.7 Å². The van der Waals surface area contributed by atoms with Gasteiger partial charge in [-0.3, -0.25) is 4.79 Å². The number of piperidine rings is 2. The predicted octanol–water partition coefficient (Wildman–Crippen LogP) is 4.10. The van der Waals surface area contributed by atoms with E-state index in [0.29, 0.717) is 22.6 Å². The Morgan fingerprint density at radius 2 is 1.70 bits per heavy atom. The minimum absolute atomic E-state index is 0.0422. The van der Waals surface area contributed by atoms with Crippen LogP contribution in [-0.4, -0.2) is 73.7 Å². The van der Waals surface area contributed by atoms with E-state index in [4.69, 9.17) is 0 Å². The monoisotopic (exact) mass is 616 g/mol. The molecule has 1 saturated carbocycles. The lowest BCUT2D eigenvalue weighted by molar-refractivity contribution is -0.0221. The highest BCUT2D eigenvalue weighted by atomic mass is 32.2. The average molecular weight is 617 g/mol. The first kappa shape index (κ1) is 29.8. The van der Waals surface area contributed by atoms with Crippen molar-refractivity contribution in [3.05, 3.63) is 42.2 Å². The summed E-state index contributed by atoms with van der Waals surface area (Å²) in [5.74, 6) is -2.70. The molecule has 1 amide bonds. The zero-order chi connectivity index (χ0) is 30.6. The highest BCUT2D eigenvalue weighted by Crippen LogP contribution is 2.54. The molecule has 1 spiro atoms. The number of carbonyl (C=O) groups is 1. The number of aryl methyl sites for hydroxylation is 1. The van der Waals surface area contributed by atoms with E-state index in [1.54, 1.807) is 25.1 Å². The Bertz CT molecular complexity index is 1640. The number of hydrogen-bond acceptors (Lipinski definition) is 7. The van der Waals surface area contributed by atoms with Gasteiger partial charge < -0.3 is 24.8 Å². The number of hydrogen-bond donors (Lipinski definition) is 3. The van der Waals surface area contributed by atoms with E-state index in [1.807, 2.05) is 28.8 Å². The maximum atomic E-state index is 13.9. The summed E-state index contributed by atoms with van der Waals surface area (Å²) in [5, 5.41) is 13.1. The van der Waals surface area contributed by atoms with Crippen LogP contribution in [0, 0.1) is 5.41 Å². The zero-order valence-electron chi connectivity index (χ0n) is 24.4. The quantitative estimate of drug-likeness (QED) is 0.349.